The van der Waals surface area contributed by atoms with Crippen molar-refractivity contribution in [2.24, 2.45) is 5.92 Å². The maximum absolute atomic E-state index is 3.74. The van der Waals surface area contributed by atoms with Gasteiger partial charge in [-0.25, -0.2) is 0 Å². The Balaban J connectivity index is 1.99. The van der Waals surface area contributed by atoms with Gasteiger partial charge in [-0.1, -0.05) is 35.3 Å². The second kappa shape index (κ2) is 7.15. The number of hydrogen-bond donors (Lipinski definition) is 1. The third kappa shape index (κ3) is 5.00. The van der Waals surface area contributed by atoms with Crippen LogP contribution in [0.4, 0.5) is 5.69 Å². The number of nitrogens with one attached hydrogen (secondary N) is 1. The lowest BCUT2D eigenvalue weighted by molar-refractivity contribution is 0.395. The minimum absolute atomic E-state index is 0.153. The summed E-state index contributed by atoms with van der Waals surface area (Å²) in [5.74, 6) is 0.931. The molecule has 1 aliphatic heterocycles. The molecule has 2 rings (SSSR count). The molecule has 0 bridgehead atoms. The fourth-order valence-electron chi connectivity index (χ4n) is 2.84. The predicted molar refractivity (Wildman–Crippen MR) is 96.0 cm³/mol. The summed E-state index contributed by atoms with van der Waals surface area (Å²) in [6, 6.07) is 6.81. The number of nitrogens with zero attached hydrogens (tertiary/aromatic N) is 1. The van der Waals surface area contributed by atoms with Crippen molar-refractivity contribution in [3.05, 3.63) is 28.2 Å². The van der Waals surface area contributed by atoms with Gasteiger partial charge in [0.05, 0.1) is 0 Å². The van der Waals surface area contributed by atoms with Gasteiger partial charge in [-0.05, 0) is 57.2 Å². The fourth-order valence-corrected chi connectivity index (χ4v) is 3.34. The summed E-state index contributed by atoms with van der Waals surface area (Å²) < 4.78 is 1.22. The molecule has 118 valence electrons. The Morgan fingerprint density at radius 2 is 1.90 bits per heavy atom. The molecule has 1 aromatic rings. The summed E-state index contributed by atoms with van der Waals surface area (Å²) in [4.78, 5) is 2.53. The molecule has 0 aromatic heterocycles. The molecule has 1 aliphatic rings. The largest absolute Gasteiger partial charge is 0.371 e. The number of rotatable bonds is 4. The number of halogens is 1. The zero-order valence-electron chi connectivity index (χ0n) is 13.9. The molecule has 0 spiro atoms. The monoisotopic (exact) mass is 352 g/mol. The lowest BCUT2D eigenvalue weighted by atomic mass is 9.94. The second-order valence-corrected chi connectivity index (χ2v) is 8.07. The van der Waals surface area contributed by atoms with Gasteiger partial charge in [-0.15, -0.1) is 0 Å². The molecular weight excluding hydrogens is 324 g/mol. The van der Waals surface area contributed by atoms with Crippen molar-refractivity contribution < 1.29 is 0 Å². The van der Waals surface area contributed by atoms with Crippen LogP contribution in [-0.2, 0) is 6.54 Å². The van der Waals surface area contributed by atoms with E-state index >= 15 is 0 Å². The summed E-state index contributed by atoms with van der Waals surface area (Å²) >= 11 is 3.74. The van der Waals surface area contributed by atoms with E-state index in [-0.39, 0.29) is 5.54 Å². The van der Waals surface area contributed by atoms with Crippen molar-refractivity contribution in [2.75, 3.05) is 18.0 Å². The highest BCUT2D eigenvalue weighted by Crippen LogP contribution is 2.29. The molecule has 0 saturated carbocycles. The molecule has 1 fully saturated rings. The maximum Gasteiger partial charge on any atom is 0.0377 e. The van der Waals surface area contributed by atoms with Crippen molar-refractivity contribution >= 4 is 21.6 Å². The lowest BCUT2D eigenvalue weighted by Gasteiger charge is -2.33. The minimum Gasteiger partial charge on any atom is -0.371 e. The van der Waals surface area contributed by atoms with Gasteiger partial charge in [-0.3, -0.25) is 0 Å². The average molecular weight is 353 g/mol. The molecule has 0 aliphatic carbocycles. The zero-order valence-corrected chi connectivity index (χ0v) is 15.5. The quantitative estimate of drug-likeness (QED) is 0.823. The molecule has 1 saturated heterocycles. The lowest BCUT2D eigenvalue weighted by Crippen LogP contribution is -2.35. The summed E-state index contributed by atoms with van der Waals surface area (Å²) in [6.45, 7) is 12.2. The highest BCUT2D eigenvalue weighted by Gasteiger charge is 2.18. The van der Waals surface area contributed by atoms with Gasteiger partial charge in [0.15, 0.2) is 0 Å². The second-order valence-electron chi connectivity index (χ2n) is 7.22. The molecular formula is C18H29BrN2. The van der Waals surface area contributed by atoms with Gasteiger partial charge >= 0.3 is 0 Å². The maximum atomic E-state index is 3.74. The Hall–Kier alpha value is -0.540. The molecule has 0 unspecified atom stereocenters. The first-order valence-corrected chi connectivity index (χ1v) is 8.97. The number of benzene rings is 1. The molecule has 0 amide bonds. The van der Waals surface area contributed by atoms with E-state index < -0.39 is 0 Å². The van der Waals surface area contributed by atoms with E-state index in [4.69, 9.17) is 0 Å². The Morgan fingerprint density at radius 3 is 2.43 bits per heavy atom. The van der Waals surface area contributed by atoms with E-state index in [2.05, 4.69) is 72.0 Å². The summed E-state index contributed by atoms with van der Waals surface area (Å²) in [6.07, 6.45) is 4.00. The van der Waals surface area contributed by atoms with Crippen molar-refractivity contribution in [3.63, 3.8) is 0 Å². The normalized spacial score (nSPS) is 17.3. The number of piperidine rings is 1. The van der Waals surface area contributed by atoms with Crippen LogP contribution < -0.4 is 10.2 Å². The van der Waals surface area contributed by atoms with Crippen molar-refractivity contribution in [2.45, 2.75) is 59.0 Å². The van der Waals surface area contributed by atoms with E-state index in [0.29, 0.717) is 0 Å². The molecule has 0 radical (unpaired) electrons. The summed E-state index contributed by atoms with van der Waals surface area (Å²) in [5, 5.41) is 3.55. The molecule has 1 aromatic carbocycles. The van der Waals surface area contributed by atoms with E-state index in [1.807, 2.05) is 0 Å². The molecule has 3 heteroatoms. The summed E-state index contributed by atoms with van der Waals surface area (Å²) in [7, 11) is 0. The van der Waals surface area contributed by atoms with Gasteiger partial charge in [-0.2, -0.15) is 0 Å². The first-order valence-electron chi connectivity index (χ1n) is 8.17. The Morgan fingerprint density at radius 1 is 1.24 bits per heavy atom. The van der Waals surface area contributed by atoms with Gasteiger partial charge < -0.3 is 10.2 Å². The molecule has 21 heavy (non-hydrogen) atoms. The van der Waals surface area contributed by atoms with Crippen molar-refractivity contribution in [3.8, 4) is 0 Å². The van der Waals surface area contributed by atoms with Crippen LogP contribution in [-0.4, -0.2) is 18.6 Å². The van der Waals surface area contributed by atoms with Gasteiger partial charge in [0.1, 0.15) is 0 Å². The van der Waals surface area contributed by atoms with E-state index in [0.717, 1.165) is 12.5 Å². The van der Waals surface area contributed by atoms with Crippen LogP contribution in [0, 0.1) is 5.92 Å². The van der Waals surface area contributed by atoms with Crippen LogP contribution in [0.5, 0.6) is 0 Å². The number of anilines is 1. The van der Waals surface area contributed by atoms with E-state index in [1.165, 1.54) is 48.1 Å². The van der Waals surface area contributed by atoms with Crippen LogP contribution in [0.15, 0.2) is 22.7 Å². The number of hydrogen-bond acceptors (Lipinski definition) is 2. The zero-order chi connectivity index (χ0) is 15.5. The standard InChI is InChI=1S/C18H29BrN2/c1-5-14-8-10-21(11-9-14)16-7-6-15(17(19)12-16)13-20-18(2,3)4/h6-7,12,14,20H,5,8-11,13H2,1-4H3. The topological polar surface area (TPSA) is 15.3 Å². The SMILES string of the molecule is CCC1CCN(c2ccc(CNC(C)(C)C)c(Br)c2)CC1. The third-order valence-electron chi connectivity index (χ3n) is 4.40. The fraction of sp³-hybridized carbons (Fsp3) is 0.667. The third-order valence-corrected chi connectivity index (χ3v) is 5.14. The first-order chi connectivity index (χ1) is 9.89. The molecule has 0 atom stereocenters. The van der Waals surface area contributed by atoms with Crippen molar-refractivity contribution in [1.29, 1.82) is 0 Å². The smallest absolute Gasteiger partial charge is 0.0377 e. The van der Waals surface area contributed by atoms with Gasteiger partial charge in [0, 0.05) is 35.3 Å². The van der Waals surface area contributed by atoms with Crippen LogP contribution in [0.2, 0.25) is 0 Å². The van der Waals surface area contributed by atoms with E-state index in [1.54, 1.807) is 0 Å². The Bertz CT molecular complexity index is 457. The van der Waals surface area contributed by atoms with Gasteiger partial charge in [0.2, 0.25) is 0 Å². The Kier molecular flexibility index (Phi) is 5.73. The molecule has 1 heterocycles. The van der Waals surface area contributed by atoms with Crippen LogP contribution in [0.1, 0.15) is 52.5 Å². The highest BCUT2D eigenvalue weighted by atomic mass is 79.9. The van der Waals surface area contributed by atoms with Gasteiger partial charge in [0.25, 0.3) is 0 Å². The van der Waals surface area contributed by atoms with Crippen molar-refractivity contribution in [1.82, 2.24) is 5.32 Å². The predicted octanol–water partition coefficient (Wildman–Crippen LogP) is 4.96. The van der Waals surface area contributed by atoms with Crippen LogP contribution in [0.25, 0.3) is 0 Å². The van der Waals surface area contributed by atoms with E-state index in [9.17, 15) is 0 Å². The minimum atomic E-state index is 0.153. The molecule has 1 N–H and O–H groups in total. The van der Waals surface area contributed by atoms with Crippen LogP contribution >= 0.6 is 15.9 Å². The van der Waals surface area contributed by atoms with Crippen LogP contribution in [0.3, 0.4) is 0 Å². The molecule has 2 nitrogen and oxygen atoms in total. The average Bonchev–Trinajstić information content (AvgIpc) is 2.45. The summed E-state index contributed by atoms with van der Waals surface area (Å²) in [5.41, 5.74) is 2.84. The highest BCUT2D eigenvalue weighted by molar-refractivity contribution is 9.10. The first kappa shape index (κ1) is 16.8. The Labute approximate surface area is 138 Å².